The van der Waals surface area contributed by atoms with Gasteiger partial charge in [0.15, 0.2) is 12.6 Å². The van der Waals surface area contributed by atoms with Gasteiger partial charge >= 0.3 is 0 Å². The van der Waals surface area contributed by atoms with E-state index in [-0.39, 0.29) is 30.6 Å². The highest BCUT2D eigenvalue weighted by atomic mass is 127. The second-order valence-corrected chi connectivity index (χ2v) is 6.51. The van der Waals surface area contributed by atoms with Crippen LogP contribution in [0.3, 0.4) is 0 Å². The Kier molecular flexibility index (Phi) is 9.82. The van der Waals surface area contributed by atoms with E-state index in [1.807, 2.05) is 54.6 Å². The van der Waals surface area contributed by atoms with Crippen molar-refractivity contribution in [1.82, 2.24) is 15.6 Å². The van der Waals surface area contributed by atoms with Gasteiger partial charge in [-0.25, -0.2) is 4.98 Å². The first-order valence-electron chi connectivity index (χ1n) is 9.58. The second-order valence-electron chi connectivity index (χ2n) is 6.51. The van der Waals surface area contributed by atoms with Crippen LogP contribution in [-0.4, -0.2) is 37.1 Å². The molecule has 0 atom stereocenters. The summed E-state index contributed by atoms with van der Waals surface area (Å²) in [6, 6.07) is 17.3. The summed E-state index contributed by atoms with van der Waals surface area (Å²) in [6.45, 7) is 1.08. The molecule has 0 aliphatic rings. The Hall–Kier alpha value is -3.08. The van der Waals surface area contributed by atoms with Crippen molar-refractivity contribution in [3.8, 4) is 17.2 Å². The predicted octanol–water partition coefficient (Wildman–Crippen LogP) is 2.73. The summed E-state index contributed by atoms with van der Waals surface area (Å²) in [4.78, 5) is 19.5. The highest BCUT2D eigenvalue weighted by Gasteiger charge is 2.07. The van der Waals surface area contributed by atoms with Gasteiger partial charge in [0.2, 0.25) is 5.89 Å². The smallest absolute Gasteiger partial charge is 0.255 e. The van der Waals surface area contributed by atoms with E-state index in [0.29, 0.717) is 30.7 Å². The Bertz CT molecular complexity index is 974. The minimum Gasteiger partial charge on any atom is -0.484 e. The lowest BCUT2D eigenvalue weighted by molar-refractivity contribution is -0.119. The number of carbonyl (C=O) groups is 1. The SMILES string of the molecule is CN=C(NCCc1ccc(OCC(N)=O)cc1)NCc1coc(-c2ccccc2)n1.I. The molecule has 0 aliphatic carbocycles. The third-order valence-corrected chi connectivity index (χ3v) is 4.24. The number of nitrogens with one attached hydrogen (secondary N) is 2. The van der Waals surface area contributed by atoms with E-state index >= 15 is 0 Å². The van der Waals surface area contributed by atoms with E-state index < -0.39 is 5.91 Å². The van der Waals surface area contributed by atoms with E-state index in [1.54, 1.807) is 13.3 Å². The average Bonchev–Trinajstić information content (AvgIpc) is 3.25. The highest BCUT2D eigenvalue weighted by molar-refractivity contribution is 14.0. The zero-order valence-electron chi connectivity index (χ0n) is 17.2. The minimum absolute atomic E-state index is 0. The molecule has 0 bridgehead atoms. The molecule has 2 aromatic carbocycles. The highest BCUT2D eigenvalue weighted by Crippen LogP contribution is 2.17. The van der Waals surface area contributed by atoms with E-state index in [4.69, 9.17) is 14.9 Å². The van der Waals surface area contributed by atoms with Crippen LogP contribution in [0.2, 0.25) is 0 Å². The third kappa shape index (κ3) is 7.93. The molecule has 0 fully saturated rings. The molecular formula is C22H26IN5O3. The van der Waals surface area contributed by atoms with Crippen molar-refractivity contribution in [3.05, 3.63) is 72.1 Å². The number of benzene rings is 2. The molecule has 3 aromatic rings. The van der Waals surface area contributed by atoms with Crippen LogP contribution in [-0.2, 0) is 17.8 Å². The van der Waals surface area contributed by atoms with Gasteiger partial charge in [-0.3, -0.25) is 9.79 Å². The molecule has 3 rings (SSSR count). The van der Waals surface area contributed by atoms with Gasteiger partial charge < -0.3 is 25.5 Å². The maximum absolute atomic E-state index is 10.7. The third-order valence-electron chi connectivity index (χ3n) is 4.24. The normalized spacial score (nSPS) is 10.8. The Balaban J connectivity index is 0.00000341. The van der Waals surface area contributed by atoms with Gasteiger partial charge in [-0.2, -0.15) is 0 Å². The first kappa shape index (κ1) is 24.2. The number of oxazole rings is 1. The average molecular weight is 535 g/mol. The molecule has 1 amide bonds. The summed E-state index contributed by atoms with van der Waals surface area (Å²) in [7, 11) is 1.72. The number of amides is 1. The van der Waals surface area contributed by atoms with Crippen LogP contribution >= 0.6 is 24.0 Å². The number of aliphatic imine (C=N–C) groups is 1. The molecule has 0 saturated heterocycles. The number of guanidine groups is 1. The number of carbonyl (C=O) groups excluding carboxylic acids is 1. The molecule has 9 heteroatoms. The zero-order chi connectivity index (χ0) is 21.2. The fourth-order valence-electron chi connectivity index (χ4n) is 2.73. The quantitative estimate of drug-likeness (QED) is 0.221. The van der Waals surface area contributed by atoms with Gasteiger partial charge in [-0.05, 0) is 36.2 Å². The van der Waals surface area contributed by atoms with E-state index in [2.05, 4.69) is 20.6 Å². The standard InChI is InChI=1S/C22H25N5O3.HI/c1-24-22(25-12-11-16-7-9-19(10-8-16)29-15-20(23)28)26-13-18-14-30-21(27-18)17-5-3-2-4-6-17;/h2-10,14H,11-13,15H2,1H3,(H2,23,28)(H2,24,25,26);1H. The molecule has 1 aromatic heterocycles. The van der Waals surface area contributed by atoms with Crippen molar-refractivity contribution in [2.24, 2.45) is 10.7 Å². The van der Waals surface area contributed by atoms with Gasteiger partial charge in [0, 0.05) is 19.2 Å². The molecule has 0 saturated carbocycles. The van der Waals surface area contributed by atoms with Crippen molar-refractivity contribution in [2.45, 2.75) is 13.0 Å². The number of nitrogens with two attached hydrogens (primary N) is 1. The molecule has 164 valence electrons. The maximum atomic E-state index is 10.7. The lowest BCUT2D eigenvalue weighted by Gasteiger charge is -2.11. The first-order chi connectivity index (χ1) is 14.6. The molecule has 0 radical (unpaired) electrons. The van der Waals surface area contributed by atoms with Crippen molar-refractivity contribution in [1.29, 1.82) is 0 Å². The lowest BCUT2D eigenvalue weighted by Crippen LogP contribution is -2.37. The number of hydrogen-bond acceptors (Lipinski definition) is 5. The number of aromatic nitrogens is 1. The Morgan fingerprint density at radius 1 is 1.13 bits per heavy atom. The molecule has 31 heavy (non-hydrogen) atoms. The maximum Gasteiger partial charge on any atom is 0.255 e. The van der Waals surface area contributed by atoms with E-state index in [0.717, 1.165) is 23.2 Å². The Morgan fingerprint density at radius 2 is 1.87 bits per heavy atom. The number of rotatable bonds is 9. The number of nitrogens with zero attached hydrogens (tertiary/aromatic N) is 2. The van der Waals surface area contributed by atoms with Gasteiger partial charge in [-0.15, -0.1) is 24.0 Å². The first-order valence-corrected chi connectivity index (χ1v) is 9.58. The molecule has 4 N–H and O–H groups in total. The molecule has 8 nitrogen and oxygen atoms in total. The summed E-state index contributed by atoms with van der Waals surface area (Å²) in [5, 5.41) is 6.50. The fourth-order valence-corrected chi connectivity index (χ4v) is 2.73. The van der Waals surface area contributed by atoms with Crippen LogP contribution in [0.1, 0.15) is 11.3 Å². The topological polar surface area (TPSA) is 115 Å². The van der Waals surface area contributed by atoms with Crippen molar-refractivity contribution < 1.29 is 13.9 Å². The van der Waals surface area contributed by atoms with Crippen molar-refractivity contribution in [3.63, 3.8) is 0 Å². The van der Waals surface area contributed by atoms with Crippen LogP contribution < -0.4 is 21.1 Å². The monoisotopic (exact) mass is 535 g/mol. The Labute approximate surface area is 198 Å². The summed E-state index contributed by atoms with van der Waals surface area (Å²) >= 11 is 0. The summed E-state index contributed by atoms with van der Waals surface area (Å²) in [5.74, 6) is 1.40. The minimum atomic E-state index is -0.496. The largest absolute Gasteiger partial charge is 0.484 e. The summed E-state index contributed by atoms with van der Waals surface area (Å²) in [6.07, 6.45) is 2.45. The van der Waals surface area contributed by atoms with Crippen LogP contribution in [0.15, 0.2) is 70.3 Å². The second kappa shape index (κ2) is 12.6. The summed E-state index contributed by atoms with van der Waals surface area (Å²) in [5.41, 5.74) is 7.94. The van der Waals surface area contributed by atoms with Crippen LogP contribution in [0, 0.1) is 0 Å². The molecular weight excluding hydrogens is 509 g/mol. The van der Waals surface area contributed by atoms with Crippen molar-refractivity contribution >= 4 is 35.8 Å². The number of ether oxygens (including phenoxy) is 1. The fraction of sp³-hybridized carbons (Fsp3) is 0.227. The van der Waals surface area contributed by atoms with Crippen LogP contribution in [0.25, 0.3) is 11.5 Å². The molecule has 0 unspecified atom stereocenters. The molecule has 1 heterocycles. The predicted molar refractivity (Wildman–Crippen MR) is 130 cm³/mol. The van der Waals surface area contributed by atoms with Crippen LogP contribution in [0.5, 0.6) is 5.75 Å². The number of hydrogen-bond donors (Lipinski definition) is 3. The molecule has 0 spiro atoms. The van der Waals surface area contributed by atoms with E-state index in [1.165, 1.54) is 0 Å². The number of halogens is 1. The molecule has 0 aliphatic heterocycles. The number of primary amides is 1. The zero-order valence-corrected chi connectivity index (χ0v) is 19.5. The van der Waals surface area contributed by atoms with Crippen molar-refractivity contribution in [2.75, 3.05) is 20.2 Å². The van der Waals surface area contributed by atoms with Gasteiger partial charge in [0.25, 0.3) is 5.91 Å². The summed E-state index contributed by atoms with van der Waals surface area (Å²) < 4.78 is 10.8. The van der Waals surface area contributed by atoms with E-state index in [9.17, 15) is 4.79 Å². The van der Waals surface area contributed by atoms with Gasteiger partial charge in [0.1, 0.15) is 12.0 Å². The van der Waals surface area contributed by atoms with Gasteiger partial charge in [-0.1, -0.05) is 30.3 Å². The van der Waals surface area contributed by atoms with Gasteiger partial charge in [0.05, 0.1) is 12.2 Å². The Morgan fingerprint density at radius 3 is 2.55 bits per heavy atom. The van der Waals surface area contributed by atoms with Crippen LogP contribution in [0.4, 0.5) is 0 Å². The lowest BCUT2D eigenvalue weighted by atomic mass is 10.1.